The van der Waals surface area contributed by atoms with Gasteiger partial charge >= 0.3 is 5.97 Å². The van der Waals surface area contributed by atoms with Crippen molar-refractivity contribution in [1.82, 2.24) is 10.3 Å². The number of ether oxygens (including phenoxy) is 2. The summed E-state index contributed by atoms with van der Waals surface area (Å²) in [6.45, 7) is 2.79. The molecule has 5 nitrogen and oxygen atoms in total. The van der Waals surface area contributed by atoms with Gasteiger partial charge in [0.15, 0.2) is 5.69 Å². The van der Waals surface area contributed by atoms with Crippen LogP contribution in [0.3, 0.4) is 0 Å². The molecule has 0 atom stereocenters. The van der Waals surface area contributed by atoms with Gasteiger partial charge in [-0.3, -0.25) is 0 Å². The molecule has 1 aliphatic rings. The van der Waals surface area contributed by atoms with Gasteiger partial charge in [0.05, 0.1) is 13.7 Å². The minimum atomic E-state index is -0.442. The molecule has 1 aromatic heterocycles. The molecular weight excluding hydrogens is 232 g/mol. The van der Waals surface area contributed by atoms with Crippen molar-refractivity contribution in [3.05, 3.63) is 24.0 Å². The summed E-state index contributed by atoms with van der Waals surface area (Å²) >= 11 is 0. The van der Waals surface area contributed by atoms with E-state index in [-0.39, 0.29) is 5.69 Å². The van der Waals surface area contributed by atoms with E-state index < -0.39 is 5.97 Å². The Morgan fingerprint density at radius 1 is 1.50 bits per heavy atom. The number of pyridine rings is 1. The summed E-state index contributed by atoms with van der Waals surface area (Å²) in [6.07, 6.45) is 3.83. The van der Waals surface area contributed by atoms with Crippen LogP contribution in [0.4, 0.5) is 0 Å². The van der Waals surface area contributed by atoms with Crippen molar-refractivity contribution >= 4 is 5.97 Å². The molecule has 1 aliphatic heterocycles. The number of carbonyl (C=O) groups excluding carboxylic acids is 1. The van der Waals surface area contributed by atoms with Crippen LogP contribution in [0.2, 0.25) is 0 Å². The lowest BCUT2D eigenvalue weighted by molar-refractivity contribution is 0.0593. The Kier molecular flexibility index (Phi) is 4.52. The average Bonchev–Trinajstić information content (AvgIpc) is 2.45. The zero-order valence-corrected chi connectivity index (χ0v) is 10.5. The number of piperidine rings is 1. The fraction of sp³-hybridized carbons (Fsp3) is 0.538. The third kappa shape index (κ3) is 3.43. The van der Waals surface area contributed by atoms with Gasteiger partial charge in [-0.1, -0.05) is 0 Å². The van der Waals surface area contributed by atoms with Crippen LogP contribution in [0.1, 0.15) is 23.3 Å². The van der Waals surface area contributed by atoms with Gasteiger partial charge in [0.25, 0.3) is 0 Å². The summed E-state index contributed by atoms with van der Waals surface area (Å²) in [7, 11) is 1.34. The number of nitrogens with zero attached hydrogens (tertiary/aromatic N) is 1. The molecule has 1 saturated heterocycles. The maximum atomic E-state index is 11.3. The van der Waals surface area contributed by atoms with Crippen molar-refractivity contribution in [1.29, 1.82) is 0 Å². The summed E-state index contributed by atoms with van der Waals surface area (Å²) < 4.78 is 10.3. The molecule has 0 bridgehead atoms. The second kappa shape index (κ2) is 6.35. The van der Waals surface area contributed by atoms with Gasteiger partial charge in [-0.15, -0.1) is 0 Å². The van der Waals surface area contributed by atoms with E-state index in [0.717, 1.165) is 25.9 Å². The number of rotatable bonds is 4. The van der Waals surface area contributed by atoms with Crippen LogP contribution < -0.4 is 10.1 Å². The van der Waals surface area contributed by atoms with Crippen LogP contribution >= 0.6 is 0 Å². The molecule has 1 aromatic rings. The standard InChI is InChI=1S/C13H18N2O3/c1-17-13(16)12-8-11(4-7-15-12)18-9-10-2-5-14-6-3-10/h4,7-8,10,14H,2-3,5-6,9H2,1H3. The van der Waals surface area contributed by atoms with E-state index in [0.29, 0.717) is 18.3 Å². The monoisotopic (exact) mass is 250 g/mol. The van der Waals surface area contributed by atoms with E-state index in [2.05, 4.69) is 15.0 Å². The highest BCUT2D eigenvalue weighted by Crippen LogP contribution is 2.16. The third-order valence-electron chi connectivity index (χ3n) is 3.07. The van der Waals surface area contributed by atoms with Crippen molar-refractivity contribution in [3.8, 4) is 5.75 Å². The lowest BCUT2D eigenvalue weighted by Crippen LogP contribution is -2.30. The molecule has 98 valence electrons. The van der Waals surface area contributed by atoms with E-state index in [1.807, 2.05) is 0 Å². The number of hydrogen-bond donors (Lipinski definition) is 1. The second-order valence-corrected chi connectivity index (χ2v) is 4.37. The van der Waals surface area contributed by atoms with Crippen LogP contribution in [0.5, 0.6) is 5.75 Å². The average molecular weight is 250 g/mol. The summed E-state index contributed by atoms with van der Waals surface area (Å²) in [5, 5.41) is 3.32. The topological polar surface area (TPSA) is 60.5 Å². The van der Waals surface area contributed by atoms with Gasteiger partial charge in [-0.2, -0.15) is 0 Å². The zero-order chi connectivity index (χ0) is 12.8. The van der Waals surface area contributed by atoms with Crippen molar-refractivity contribution in [2.75, 3.05) is 26.8 Å². The first-order valence-corrected chi connectivity index (χ1v) is 6.17. The van der Waals surface area contributed by atoms with E-state index in [9.17, 15) is 4.79 Å². The first kappa shape index (κ1) is 12.8. The zero-order valence-electron chi connectivity index (χ0n) is 10.5. The van der Waals surface area contributed by atoms with Crippen molar-refractivity contribution in [2.24, 2.45) is 5.92 Å². The molecule has 0 aliphatic carbocycles. The summed E-state index contributed by atoms with van der Waals surface area (Å²) in [6, 6.07) is 3.38. The Bertz CT molecular complexity index is 403. The van der Waals surface area contributed by atoms with Crippen LogP contribution in [-0.4, -0.2) is 37.8 Å². The molecule has 1 N–H and O–H groups in total. The van der Waals surface area contributed by atoms with Gasteiger partial charge in [0.2, 0.25) is 0 Å². The van der Waals surface area contributed by atoms with Crippen molar-refractivity contribution in [2.45, 2.75) is 12.8 Å². The Balaban J connectivity index is 1.90. The summed E-state index contributed by atoms with van der Waals surface area (Å²) in [4.78, 5) is 15.3. The molecule has 0 amide bonds. The third-order valence-corrected chi connectivity index (χ3v) is 3.07. The summed E-state index contributed by atoms with van der Waals surface area (Å²) in [5.41, 5.74) is 0.278. The molecule has 0 saturated carbocycles. The molecule has 2 rings (SSSR count). The molecule has 0 spiro atoms. The molecular formula is C13H18N2O3. The van der Waals surface area contributed by atoms with Crippen molar-refractivity contribution < 1.29 is 14.3 Å². The number of carbonyl (C=O) groups is 1. The molecule has 0 unspecified atom stereocenters. The minimum absolute atomic E-state index is 0.278. The Hall–Kier alpha value is -1.62. The van der Waals surface area contributed by atoms with Gasteiger partial charge in [0, 0.05) is 12.3 Å². The quantitative estimate of drug-likeness (QED) is 0.815. The largest absolute Gasteiger partial charge is 0.493 e. The fourth-order valence-corrected chi connectivity index (χ4v) is 1.98. The summed E-state index contributed by atoms with van der Waals surface area (Å²) in [5.74, 6) is 0.812. The van der Waals surface area contributed by atoms with E-state index >= 15 is 0 Å². The fourth-order valence-electron chi connectivity index (χ4n) is 1.98. The Morgan fingerprint density at radius 2 is 2.28 bits per heavy atom. The highest BCUT2D eigenvalue weighted by molar-refractivity contribution is 5.87. The number of hydrogen-bond acceptors (Lipinski definition) is 5. The molecule has 5 heteroatoms. The maximum Gasteiger partial charge on any atom is 0.356 e. The number of methoxy groups -OCH3 is 1. The van der Waals surface area contributed by atoms with Crippen molar-refractivity contribution in [3.63, 3.8) is 0 Å². The van der Waals surface area contributed by atoms with Crippen LogP contribution in [-0.2, 0) is 4.74 Å². The number of aromatic nitrogens is 1. The predicted octanol–water partition coefficient (Wildman–Crippen LogP) is 1.25. The normalized spacial score (nSPS) is 16.3. The van der Waals surface area contributed by atoms with E-state index in [1.54, 1.807) is 18.3 Å². The highest BCUT2D eigenvalue weighted by atomic mass is 16.5. The smallest absolute Gasteiger partial charge is 0.356 e. The van der Waals surface area contributed by atoms with E-state index in [4.69, 9.17) is 4.74 Å². The van der Waals surface area contributed by atoms with Crippen LogP contribution in [0.15, 0.2) is 18.3 Å². The minimum Gasteiger partial charge on any atom is -0.493 e. The molecule has 0 radical (unpaired) electrons. The molecule has 1 fully saturated rings. The molecule has 0 aromatic carbocycles. The van der Waals surface area contributed by atoms with Gasteiger partial charge in [0.1, 0.15) is 5.75 Å². The van der Waals surface area contributed by atoms with Gasteiger partial charge < -0.3 is 14.8 Å². The van der Waals surface area contributed by atoms with Gasteiger partial charge in [-0.05, 0) is 37.9 Å². The predicted molar refractivity (Wildman–Crippen MR) is 66.7 cm³/mol. The number of nitrogens with one attached hydrogen (secondary N) is 1. The van der Waals surface area contributed by atoms with Crippen LogP contribution in [0.25, 0.3) is 0 Å². The first-order chi connectivity index (χ1) is 8.79. The Labute approximate surface area is 107 Å². The number of esters is 1. The van der Waals surface area contributed by atoms with Crippen LogP contribution in [0, 0.1) is 5.92 Å². The highest BCUT2D eigenvalue weighted by Gasteiger charge is 2.14. The molecule has 2 heterocycles. The maximum absolute atomic E-state index is 11.3. The lowest BCUT2D eigenvalue weighted by Gasteiger charge is -2.22. The van der Waals surface area contributed by atoms with Gasteiger partial charge in [-0.25, -0.2) is 9.78 Å². The lowest BCUT2D eigenvalue weighted by atomic mass is 9.99. The molecule has 18 heavy (non-hydrogen) atoms. The first-order valence-electron chi connectivity index (χ1n) is 6.17. The Morgan fingerprint density at radius 3 is 3.00 bits per heavy atom. The second-order valence-electron chi connectivity index (χ2n) is 4.37. The SMILES string of the molecule is COC(=O)c1cc(OCC2CCNCC2)ccn1. The van der Waals surface area contributed by atoms with E-state index in [1.165, 1.54) is 7.11 Å².